The molecule has 1 N–H and O–H groups in total. The molecule has 1 heteroatoms. The Morgan fingerprint density at radius 1 is 1.05 bits per heavy atom. The molecule has 0 aliphatic rings. The zero-order valence-electron chi connectivity index (χ0n) is 13.3. The molecule has 20 heavy (non-hydrogen) atoms. The fourth-order valence-electron chi connectivity index (χ4n) is 2.05. The summed E-state index contributed by atoms with van der Waals surface area (Å²) in [5, 5.41) is 3.59. The van der Waals surface area contributed by atoms with Gasteiger partial charge in [0.25, 0.3) is 0 Å². The molecule has 0 aromatic heterocycles. The highest BCUT2D eigenvalue weighted by Gasteiger charge is 2.17. The maximum Gasteiger partial charge on any atom is 0.0772 e. The minimum absolute atomic E-state index is 0.0689. The predicted molar refractivity (Wildman–Crippen MR) is 88.5 cm³/mol. The molecule has 0 amide bonds. The van der Waals surface area contributed by atoms with Crippen molar-refractivity contribution < 1.29 is 0 Å². The predicted octanol–water partition coefficient (Wildman–Crippen LogP) is 4.92. The molecule has 0 bridgehead atoms. The number of rotatable bonds is 8. The highest BCUT2D eigenvalue weighted by Crippen LogP contribution is 2.10. The Balaban J connectivity index is 2.40. The Kier molecular flexibility index (Phi) is 8.07. The van der Waals surface area contributed by atoms with Gasteiger partial charge in [-0.2, -0.15) is 0 Å². The third-order valence-electron chi connectivity index (χ3n) is 3.75. The van der Waals surface area contributed by atoms with Crippen LogP contribution in [0.25, 0.3) is 0 Å². The molecule has 1 unspecified atom stereocenters. The van der Waals surface area contributed by atoms with Crippen molar-refractivity contribution in [2.75, 3.05) is 0 Å². The molecule has 0 radical (unpaired) electrons. The van der Waals surface area contributed by atoms with Crippen molar-refractivity contribution in [3.8, 4) is 11.8 Å². The van der Waals surface area contributed by atoms with E-state index >= 15 is 0 Å². The quantitative estimate of drug-likeness (QED) is 0.523. The lowest BCUT2D eigenvalue weighted by Gasteiger charge is -2.23. The molecular weight excluding hydrogens is 242 g/mol. The maximum absolute atomic E-state index is 3.59. The molecule has 0 heterocycles. The minimum Gasteiger partial charge on any atom is -0.297 e. The second kappa shape index (κ2) is 9.61. The fraction of sp³-hybridized carbons (Fsp3) is 0.579. The van der Waals surface area contributed by atoms with Gasteiger partial charge in [-0.05, 0) is 25.3 Å². The van der Waals surface area contributed by atoms with Crippen LogP contribution >= 0.6 is 0 Å². The summed E-state index contributed by atoms with van der Waals surface area (Å²) in [7, 11) is 0. The highest BCUT2D eigenvalue weighted by atomic mass is 14.9. The Labute approximate surface area is 125 Å². The van der Waals surface area contributed by atoms with Gasteiger partial charge in [-0.25, -0.2) is 0 Å². The SMILES string of the molecule is CCCCCCC#CC(C)(CC)NCc1ccccc1. The van der Waals surface area contributed by atoms with Gasteiger partial charge in [0.2, 0.25) is 0 Å². The van der Waals surface area contributed by atoms with E-state index < -0.39 is 0 Å². The van der Waals surface area contributed by atoms with Crippen LogP contribution in [0.3, 0.4) is 0 Å². The molecule has 1 atom stereocenters. The first-order valence-electron chi connectivity index (χ1n) is 7.99. The van der Waals surface area contributed by atoms with E-state index in [1.54, 1.807) is 0 Å². The van der Waals surface area contributed by atoms with Gasteiger partial charge in [0.05, 0.1) is 5.54 Å². The van der Waals surface area contributed by atoms with E-state index in [1.807, 2.05) is 0 Å². The fourth-order valence-corrected chi connectivity index (χ4v) is 2.05. The molecule has 0 aliphatic carbocycles. The van der Waals surface area contributed by atoms with Crippen molar-refractivity contribution in [2.24, 2.45) is 0 Å². The molecule has 0 saturated carbocycles. The van der Waals surface area contributed by atoms with E-state index in [0.29, 0.717) is 0 Å². The molecule has 0 spiro atoms. The molecule has 1 nitrogen and oxygen atoms in total. The van der Waals surface area contributed by atoms with Crippen molar-refractivity contribution >= 4 is 0 Å². The first-order chi connectivity index (χ1) is 9.70. The summed E-state index contributed by atoms with van der Waals surface area (Å²) < 4.78 is 0. The minimum atomic E-state index is -0.0689. The summed E-state index contributed by atoms with van der Waals surface area (Å²) in [5.74, 6) is 6.79. The lowest BCUT2D eigenvalue weighted by Crippen LogP contribution is -2.39. The van der Waals surface area contributed by atoms with Crippen molar-refractivity contribution in [1.29, 1.82) is 0 Å². The first-order valence-corrected chi connectivity index (χ1v) is 7.99. The van der Waals surface area contributed by atoms with Crippen LogP contribution in [0.1, 0.15) is 64.9 Å². The molecule has 0 aliphatic heterocycles. The largest absolute Gasteiger partial charge is 0.297 e. The summed E-state index contributed by atoms with van der Waals surface area (Å²) in [6.07, 6.45) is 7.23. The van der Waals surface area contributed by atoms with Crippen molar-refractivity contribution in [3.63, 3.8) is 0 Å². The molecule has 110 valence electrons. The van der Waals surface area contributed by atoms with Crippen LogP contribution in [0.5, 0.6) is 0 Å². The van der Waals surface area contributed by atoms with E-state index in [1.165, 1.54) is 31.2 Å². The van der Waals surface area contributed by atoms with E-state index in [0.717, 1.165) is 19.4 Å². The van der Waals surface area contributed by atoms with Crippen LogP contribution in [0.2, 0.25) is 0 Å². The van der Waals surface area contributed by atoms with Gasteiger partial charge in [0, 0.05) is 13.0 Å². The second-order valence-electron chi connectivity index (χ2n) is 5.64. The number of hydrogen-bond donors (Lipinski definition) is 1. The first kappa shape index (κ1) is 16.8. The third-order valence-corrected chi connectivity index (χ3v) is 3.75. The average Bonchev–Trinajstić information content (AvgIpc) is 2.50. The molecule has 1 aromatic carbocycles. The standard InChI is InChI=1S/C19H29N/c1-4-6-7-8-9-13-16-19(3,5-2)20-17-18-14-11-10-12-15-18/h10-12,14-15,20H,4-9,17H2,1-3H3. The van der Waals surface area contributed by atoms with Crippen molar-refractivity contribution in [3.05, 3.63) is 35.9 Å². The zero-order valence-corrected chi connectivity index (χ0v) is 13.3. The van der Waals surface area contributed by atoms with Crippen LogP contribution in [0.4, 0.5) is 0 Å². The smallest absolute Gasteiger partial charge is 0.0772 e. The van der Waals surface area contributed by atoms with Gasteiger partial charge in [0.15, 0.2) is 0 Å². The van der Waals surface area contributed by atoms with Gasteiger partial charge in [-0.3, -0.25) is 5.32 Å². The van der Waals surface area contributed by atoms with Gasteiger partial charge in [-0.15, -0.1) is 5.92 Å². The number of hydrogen-bond acceptors (Lipinski definition) is 1. The van der Waals surface area contributed by atoms with Crippen LogP contribution in [-0.4, -0.2) is 5.54 Å². The van der Waals surface area contributed by atoms with Gasteiger partial charge in [-0.1, -0.05) is 69.4 Å². The molecular formula is C19H29N. The average molecular weight is 271 g/mol. The van der Waals surface area contributed by atoms with E-state index in [4.69, 9.17) is 0 Å². The number of nitrogens with one attached hydrogen (secondary N) is 1. The lowest BCUT2D eigenvalue weighted by atomic mass is 9.98. The summed E-state index contributed by atoms with van der Waals surface area (Å²) in [4.78, 5) is 0. The van der Waals surface area contributed by atoms with E-state index in [-0.39, 0.29) is 5.54 Å². The summed E-state index contributed by atoms with van der Waals surface area (Å²) in [6.45, 7) is 7.53. The van der Waals surface area contributed by atoms with Crippen LogP contribution < -0.4 is 5.32 Å². The Hall–Kier alpha value is -1.26. The van der Waals surface area contributed by atoms with Crippen molar-refractivity contribution in [1.82, 2.24) is 5.32 Å². The Morgan fingerprint density at radius 3 is 2.45 bits per heavy atom. The summed E-state index contributed by atoms with van der Waals surface area (Å²) >= 11 is 0. The monoisotopic (exact) mass is 271 g/mol. The highest BCUT2D eigenvalue weighted by molar-refractivity contribution is 5.19. The normalized spacial score (nSPS) is 13.3. The number of benzene rings is 1. The van der Waals surface area contributed by atoms with Gasteiger partial charge in [0.1, 0.15) is 0 Å². The van der Waals surface area contributed by atoms with E-state index in [9.17, 15) is 0 Å². The maximum atomic E-state index is 3.59. The molecule has 0 saturated heterocycles. The van der Waals surface area contributed by atoms with Gasteiger partial charge >= 0.3 is 0 Å². The molecule has 0 fully saturated rings. The second-order valence-corrected chi connectivity index (χ2v) is 5.64. The van der Waals surface area contributed by atoms with E-state index in [2.05, 4.69) is 68.3 Å². The molecule has 1 rings (SSSR count). The van der Waals surface area contributed by atoms with Crippen LogP contribution in [0.15, 0.2) is 30.3 Å². The van der Waals surface area contributed by atoms with Crippen LogP contribution in [-0.2, 0) is 6.54 Å². The van der Waals surface area contributed by atoms with Gasteiger partial charge < -0.3 is 0 Å². The van der Waals surface area contributed by atoms with Crippen LogP contribution in [0, 0.1) is 11.8 Å². The third kappa shape index (κ3) is 6.78. The Morgan fingerprint density at radius 2 is 1.80 bits per heavy atom. The topological polar surface area (TPSA) is 12.0 Å². The summed E-state index contributed by atoms with van der Waals surface area (Å²) in [5.41, 5.74) is 1.25. The molecule has 1 aromatic rings. The Bertz CT molecular complexity index is 412. The lowest BCUT2D eigenvalue weighted by molar-refractivity contribution is 0.437. The number of unbranched alkanes of at least 4 members (excludes halogenated alkanes) is 4. The summed E-state index contributed by atoms with van der Waals surface area (Å²) in [6, 6.07) is 10.5. The van der Waals surface area contributed by atoms with Crippen molar-refractivity contribution in [2.45, 2.75) is 71.4 Å². The zero-order chi connectivity index (χ0) is 14.7.